The molecule has 0 spiro atoms. The summed E-state index contributed by atoms with van der Waals surface area (Å²) in [5, 5.41) is 1.14. The number of para-hydroxylation sites is 1. The van der Waals surface area contributed by atoms with Gasteiger partial charge in [-0.2, -0.15) is 0 Å². The van der Waals surface area contributed by atoms with Crippen LogP contribution in [0.4, 0.5) is 0 Å². The average molecular weight is 214 g/mol. The summed E-state index contributed by atoms with van der Waals surface area (Å²) >= 11 is 0. The first-order valence-corrected chi connectivity index (χ1v) is 5.23. The number of pyridine rings is 1. The maximum Gasteiger partial charge on any atom is 0.417 e. The van der Waals surface area contributed by atoms with Crippen molar-refractivity contribution in [2.75, 3.05) is 6.61 Å². The molecule has 1 aromatic heterocycles. The van der Waals surface area contributed by atoms with Crippen LogP contribution in [0.3, 0.4) is 0 Å². The Hall–Kier alpha value is -1.90. The van der Waals surface area contributed by atoms with Crippen molar-refractivity contribution in [2.45, 2.75) is 12.8 Å². The third-order valence-corrected chi connectivity index (χ3v) is 2.42. The molecule has 0 aliphatic heterocycles. The second-order valence-corrected chi connectivity index (χ2v) is 3.57. The van der Waals surface area contributed by atoms with Crippen LogP contribution in [-0.4, -0.2) is 18.1 Å². The summed E-state index contributed by atoms with van der Waals surface area (Å²) in [7, 11) is 0. The van der Waals surface area contributed by atoms with E-state index in [1.807, 2.05) is 30.5 Å². The predicted molar refractivity (Wildman–Crippen MR) is 61.7 cm³/mol. The maximum absolute atomic E-state index is 9.83. The van der Waals surface area contributed by atoms with Crippen LogP contribution in [0.5, 0.6) is 0 Å². The van der Waals surface area contributed by atoms with Crippen molar-refractivity contribution in [3.05, 3.63) is 42.1 Å². The normalized spacial score (nSPS) is 10.2. The van der Waals surface area contributed by atoms with Crippen LogP contribution in [0.1, 0.15) is 12.0 Å². The van der Waals surface area contributed by atoms with Crippen LogP contribution in [0.25, 0.3) is 10.9 Å². The summed E-state index contributed by atoms with van der Waals surface area (Å²) in [6.45, 7) is 1.83. The van der Waals surface area contributed by atoms with Gasteiger partial charge in [0.05, 0.1) is 12.1 Å². The van der Waals surface area contributed by atoms with E-state index < -0.39 is 0 Å². The highest BCUT2D eigenvalue weighted by atomic mass is 16.5. The molecule has 16 heavy (non-hydrogen) atoms. The topological polar surface area (TPSA) is 39.2 Å². The minimum Gasteiger partial charge on any atom is -0.457 e. The summed E-state index contributed by atoms with van der Waals surface area (Å²) in [4.78, 5) is 14.2. The van der Waals surface area contributed by atoms with Crippen LogP contribution >= 0.6 is 0 Å². The monoisotopic (exact) mass is 214 g/mol. The lowest BCUT2D eigenvalue weighted by molar-refractivity contribution is 0.273. The number of hydrogen-bond acceptors (Lipinski definition) is 3. The van der Waals surface area contributed by atoms with Gasteiger partial charge in [0.2, 0.25) is 0 Å². The quantitative estimate of drug-likeness (QED) is 0.716. The minimum atomic E-state index is 0.413. The zero-order chi connectivity index (χ0) is 11.2. The lowest BCUT2D eigenvalue weighted by Crippen LogP contribution is -1.95. The van der Waals surface area contributed by atoms with Gasteiger partial charge in [0.25, 0.3) is 0 Å². The third kappa shape index (κ3) is 2.57. The standard InChI is InChI=1S/C13H12NO2/c15-10-16-7-3-4-11-8-12-5-1-2-6-13(12)14-9-11/h1-2,5-6,8-9H,3-4,7H2. The number of fused-ring (bicyclic) bond motifs is 1. The highest BCUT2D eigenvalue weighted by molar-refractivity contribution is 5.78. The second-order valence-electron chi connectivity index (χ2n) is 3.57. The molecule has 0 amide bonds. The number of nitrogens with zero attached hydrogens (tertiary/aromatic N) is 1. The molecule has 0 saturated carbocycles. The fraction of sp³-hybridized carbons (Fsp3) is 0.231. The van der Waals surface area contributed by atoms with Crippen LogP contribution in [-0.2, 0) is 16.0 Å². The molecule has 0 saturated heterocycles. The summed E-state index contributed by atoms with van der Waals surface area (Å²) in [6.07, 6.45) is 3.53. The van der Waals surface area contributed by atoms with Gasteiger partial charge >= 0.3 is 6.47 Å². The Morgan fingerprint density at radius 1 is 1.31 bits per heavy atom. The Labute approximate surface area is 94.1 Å². The molecule has 0 N–H and O–H groups in total. The second kappa shape index (κ2) is 5.26. The molecule has 81 valence electrons. The van der Waals surface area contributed by atoms with Crippen molar-refractivity contribution >= 4 is 17.4 Å². The first-order chi connectivity index (χ1) is 7.90. The molecule has 1 aromatic carbocycles. The Kier molecular flexibility index (Phi) is 3.49. The fourth-order valence-electron chi connectivity index (χ4n) is 1.64. The van der Waals surface area contributed by atoms with Gasteiger partial charge in [0.15, 0.2) is 0 Å². The van der Waals surface area contributed by atoms with Crippen LogP contribution in [0.2, 0.25) is 0 Å². The van der Waals surface area contributed by atoms with Gasteiger partial charge in [-0.05, 0) is 30.5 Å². The van der Waals surface area contributed by atoms with Crippen molar-refractivity contribution in [3.63, 3.8) is 0 Å². The molecule has 2 rings (SSSR count). The highest BCUT2D eigenvalue weighted by Crippen LogP contribution is 2.13. The van der Waals surface area contributed by atoms with Crippen molar-refractivity contribution in [3.8, 4) is 0 Å². The van der Waals surface area contributed by atoms with E-state index in [1.165, 1.54) is 6.47 Å². The van der Waals surface area contributed by atoms with E-state index >= 15 is 0 Å². The molecular formula is C13H12NO2. The first-order valence-electron chi connectivity index (χ1n) is 5.23. The molecule has 0 unspecified atom stereocenters. The van der Waals surface area contributed by atoms with Gasteiger partial charge in [0.1, 0.15) is 0 Å². The molecule has 0 aliphatic carbocycles. The van der Waals surface area contributed by atoms with Crippen molar-refractivity contribution in [1.29, 1.82) is 0 Å². The van der Waals surface area contributed by atoms with Crippen LogP contribution in [0.15, 0.2) is 36.5 Å². The van der Waals surface area contributed by atoms with E-state index in [-0.39, 0.29) is 0 Å². The van der Waals surface area contributed by atoms with Crippen LogP contribution in [0, 0.1) is 0 Å². The smallest absolute Gasteiger partial charge is 0.417 e. The fourth-order valence-corrected chi connectivity index (χ4v) is 1.64. The number of rotatable bonds is 5. The molecule has 0 fully saturated rings. The molecule has 0 aliphatic rings. The predicted octanol–water partition coefficient (Wildman–Crippen LogP) is 2.25. The average Bonchev–Trinajstić information content (AvgIpc) is 2.34. The number of hydrogen-bond donors (Lipinski definition) is 0. The highest BCUT2D eigenvalue weighted by Gasteiger charge is 1.97. The van der Waals surface area contributed by atoms with E-state index in [0.717, 1.165) is 29.3 Å². The summed E-state index contributed by atoms with van der Waals surface area (Å²) in [6, 6.07) is 10.1. The molecule has 0 atom stereocenters. The number of ether oxygens (including phenoxy) is 1. The number of benzene rings is 1. The summed E-state index contributed by atoms with van der Waals surface area (Å²) in [5.41, 5.74) is 2.16. The lowest BCUT2D eigenvalue weighted by atomic mass is 10.1. The van der Waals surface area contributed by atoms with Gasteiger partial charge in [-0.15, -0.1) is 0 Å². The van der Waals surface area contributed by atoms with Gasteiger partial charge in [-0.3, -0.25) is 4.98 Å². The number of aryl methyl sites for hydroxylation is 1. The van der Waals surface area contributed by atoms with E-state index in [1.54, 1.807) is 0 Å². The molecule has 2 aromatic rings. The molecular weight excluding hydrogens is 202 g/mol. The molecule has 1 heterocycles. The van der Waals surface area contributed by atoms with Crippen LogP contribution < -0.4 is 0 Å². The van der Waals surface area contributed by atoms with Crippen molar-refractivity contribution in [2.24, 2.45) is 0 Å². The minimum absolute atomic E-state index is 0.413. The third-order valence-electron chi connectivity index (χ3n) is 2.42. The van der Waals surface area contributed by atoms with Gasteiger partial charge in [-0.25, -0.2) is 4.79 Å². The van der Waals surface area contributed by atoms with E-state index in [9.17, 15) is 4.79 Å². The Balaban J connectivity index is 2.05. The summed E-state index contributed by atoms with van der Waals surface area (Å²) in [5.74, 6) is 0. The Morgan fingerprint density at radius 2 is 2.19 bits per heavy atom. The van der Waals surface area contributed by atoms with E-state index in [4.69, 9.17) is 0 Å². The number of carbonyl (C=O) groups excluding carboxylic acids is 1. The molecule has 3 nitrogen and oxygen atoms in total. The summed E-state index contributed by atoms with van der Waals surface area (Å²) < 4.78 is 4.52. The lowest BCUT2D eigenvalue weighted by Gasteiger charge is -2.02. The van der Waals surface area contributed by atoms with E-state index in [0.29, 0.717) is 6.61 Å². The van der Waals surface area contributed by atoms with E-state index in [2.05, 4.69) is 15.8 Å². The van der Waals surface area contributed by atoms with Gasteiger partial charge in [-0.1, -0.05) is 18.2 Å². The van der Waals surface area contributed by atoms with Crippen molar-refractivity contribution in [1.82, 2.24) is 4.98 Å². The van der Waals surface area contributed by atoms with Crippen molar-refractivity contribution < 1.29 is 9.53 Å². The first kappa shape index (κ1) is 10.6. The maximum atomic E-state index is 9.83. The zero-order valence-corrected chi connectivity index (χ0v) is 8.85. The largest absolute Gasteiger partial charge is 0.457 e. The van der Waals surface area contributed by atoms with Gasteiger partial charge < -0.3 is 4.74 Å². The molecule has 3 heteroatoms. The zero-order valence-electron chi connectivity index (χ0n) is 8.85. The molecule has 1 radical (unpaired) electrons. The Bertz CT molecular complexity index is 482. The molecule has 0 bridgehead atoms. The SMILES string of the molecule is O=[C]OCCCc1cnc2ccccc2c1. The Morgan fingerprint density at radius 3 is 3.06 bits per heavy atom. The van der Waals surface area contributed by atoms with Gasteiger partial charge in [0, 0.05) is 11.6 Å². The number of aromatic nitrogens is 1.